The largest absolute Gasteiger partial charge is 0.355 e. The van der Waals surface area contributed by atoms with Gasteiger partial charge in [-0.3, -0.25) is 0 Å². The lowest BCUT2D eigenvalue weighted by Gasteiger charge is -2.31. The van der Waals surface area contributed by atoms with Crippen LogP contribution >= 0.6 is 0 Å². The van der Waals surface area contributed by atoms with Gasteiger partial charge in [-0.2, -0.15) is 9.50 Å². The Morgan fingerprint density at radius 3 is 2.25 bits per heavy atom. The van der Waals surface area contributed by atoms with E-state index in [9.17, 15) is 0 Å². The maximum atomic E-state index is 5.60. The molecule has 0 spiro atoms. The van der Waals surface area contributed by atoms with Gasteiger partial charge in [0.2, 0.25) is 11.7 Å². The summed E-state index contributed by atoms with van der Waals surface area (Å²) in [4.78, 5) is 6.94. The molecule has 0 aliphatic carbocycles. The van der Waals surface area contributed by atoms with Gasteiger partial charge < -0.3 is 9.42 Å². The van der Waals surface area contributed by atoms with Crippen LogP contribution in [-0.2, 0) is 0 Å². The molecule has 32 heavy (non-hydrogen) atoms. The zero-order valence-electron chi connectivity index (χ0n) is 17.4. The van der Waals surface area contributed by atoms with Crippen LogP contribution < -0.4 is 4.90 Å². The van der Waals surface area contributed by atoms with Crippen molar-refractivity contribution in [2.24, 2.45) is 0 Å². The molecule has 1 fully saturated rings. The summed E-state index contributed by atoms with van der Waals surface area (Å²) in [5.41, 5.74) is 2.70. The van der Waals surface area contributed by atoms with Crippen LogP contribution in [0.2, 0.25) is 0 Å². The van der Waals surface area contributed by atoms with Crippen LogP contribution in [-0.4, -0.2) is 43.0 Å². The van der Waals surface area contributed by atoms with E-state index in [0.29, 0.717) is 5.82 Å². The van der Waals surface area contributed by atoms with Crippen LogP contribution in [0.25, 0.3) is 28.4 Å². The highest BCUT2D eigenvalue weighted by atomic mass is 16.5. The molecule has 0 atom stereocenters. The molecular formula is C24H21N7O. The van der Waals surface area contributed by atoms with E-state index < -0.39 is 0 Å². The van der Waals surface area contributed by atoms with Gasteiger partial charge in [0.15, 0.2) is 11.5 Å². The number of nitrogens with zero attached hydrogens (tertiary/aromatic N) is 7. The summed E-state index contributed by atoms with van der Waals surface area (Å²) in [6.45, 7) is 1.74. The number of rotatable bonds is 4. The molecule has 0 radical (unpaired) electrons. The predicted octanol–water partition coefficient (Wildman–Crippen LogP) is 4.23. The number of hydrogen-bond acceptors (Lipinski definition) is 7. The van der Waals surface area contributed by atoms with Gasteiger partial charge in [-0.15, -0.1) is 15.3 Å². The molecule has 1 aliphatic heterocycles. The Kier molecular flexibility index (Phi) is 4.60. The van der Waals surface area contributed by atoms with E-state index in [-0.39, 0.29) is 5.92 Å². The summed E-state index contributed by atoms with van der Waals surface area (Å²) in [5, 5.41) is 17.6. The quantitative estimate of drug-likeness (QED) is 0.428. The van der Waals surface area contributed by atoms with Crippen molar-refractivity contribution in [3.63, 3.8) is 0 Å². The second-order valence-corrected chi connectivity index (χ2v) is 7.93. The van der Waals surface area contributed by atoms with E-state index in [1.54, 1.807) is 0 Å². The third-order valence-corrected chi connectivity index (χ3v) is 5.92. The third kappa shape index (κ3) is 3.39. The summed E-state index contributed by atoms with van der Waals surface area (Å²) in [5.74, 6) is 3.29. The minimum Gasteiger partial charge on any atom is -0.355 e. The molecule has 1 saturated heterocycles. The summed E-state index contributed by atoms with van der Waals surface area (Å²) in [7, 11) is 0. The summed E-state index contributed by atoms with van der Waals surface area (Å²) < 4.78 is 7.42. The first-order chi connectivity index (χ1) is 15.8. The average Bonchev–Trinajstić information content (AvgIpc) is 3.53. The lowest BCUT2D eigenvalue weighted by Crippen LogP contribution is -2.33. The smallest absolute Gasteiger partial charge is 0.230 e. The topological polar surface area (TPSA) is 85.2 Å². The van der Waals surface area contributed by atoms with E-state index in [4.69, 9.17) is 9.62 Å². The SMILES string of the molecule is c1ccc(-c2noc(C3CCN(c4ccc5nnc(-c6ccccc6)n5n4)CC3)n2)cc1. The molecule has 8 nitrogen and oxygen atoms in total. The van der Waals surface area contributed by atoms with Gasteiger partial charge in [0.05, 0.1) is 0 Å². The molecule has 6 rings (SSSR count). The van der Waals surface area contributed by atoms with Gasteiger partial charge in [0.1, 0.15) is 5.82 Å². The Bertz CT molecular complexity index is 1340. The van der Waals surface area contributed by atoms with Crippen molar-refractivity contribution in [1.82, 2.24) is 30.0 Å². The van der Waals surface area contributed by atoms with Gasteiger partial charge in [-0.1, -0.05) is 65.8 Å². The van der Waals surface area contributed by atoms with Crippen LogP contribution in [0.5, 0.6) is 0 Å². The number of benzene rings is 2. The van der Waals surface area contributed by atoms with Crippen LogP contribution in [0.15, 0.2) is 77.3 Å². The van der Waals surface area contributed by atoms with Crippen molar-refractivity contribution in [2.75, 3.05) is 18.0 Å². The van der Waals surface area contributed by atoms with Crippen LogP contribution in [0.3, 0.4) is 0 Å². The molecule has 4 heterocycles. The van der Waals surface area contributed by atoms with E-state index >= 15 is 0 Å². The zero-order chi connectivity index (χ0) is 21.3. The second-order valence-electron chi connectivity index (χ2n) is 7.93. The normalized spacial score (nSPS) is 14.8. The molecule has 0 unspecified atom stereocenters. The fraction of sp³-hybridized carbons (Fsp3) is 0.208. The van der Waals surface area contributed by atoms with E-state index in [1.165, 1.54) is 0 Å². The Morgan fingerprint density at radius 2 is 1.50 bits per heavy atom. The molecule has 0 N–H and O–H groups in total. The number of anilines is 1. The first-order valence-electron chi connectivity index (χ1n) is 10.8. The summed E-state index contributed by atoms with van der Waals surface area (Å²) in [6.07, 6.45) is 1.87. The number of hydrogen-bond donors (Lipinski definition) is 0. The van der Waals surface area contributed by atoms with Crippen molar-refractivity contribution >= 4 is 11.5 Å². The van der Waals surface area contributed by atoms with E-state index in [0.717, 1.165) is 60.2 Å². The average molecular weight is 423 g/mol. The Hall–Kier alpha value is -4.07. The number of piperidine rings is 1. The van der Waals surface area contributed by atoms with Crippen LogP contribution in [0.1, 0.15) is 24.7 Å². The summed E-state index contributed by atoms with van der Waals surface area (Å²) >= 11 is 0. The molecule has 158 valence electrons. The van der Waals surface area contributed by atoms with Gasteiger partial charge >= 0.3 is 0 Å². The Balaban J connectivity index is 1.19. The Morgan fingerprint density at radius 1 is 0.781 bits per heavy atom. The van der Waals surface area contributed by atoms with Crippen molar-refractivity contribution in [3.8, 4) is 22.8 Å². The van der Waals surface area contributed by atoms with E-state index in [1.807, 2.05) is 77.3 Å². The number of aromatic nitrogens is 6. The van der Waals surface area contributed by atoms with Crippen molar-refractivity contribution in [3.05, 3.63) is 78.7 Å². The highest BCUT2D eigenvalue weighted by Gasteiger charge is 2.26. The molecule has 0 bridgehead atoms. The minimum atomic E-state index is 0.259. The van der Waals surface area contributed by atoms with Crippen LogP contribution in [0.4, 0.5) is 5.82 Å². The fourth-order valence-electron chi connectivity index (χ4n) is 4.18. The maximum absolute atomic E-state index is 5.60. The zero-order valence-corrected chi connectivity index (χ0v) is 17.4. The minimum absolute atomic E-state index is 0.259. The molecule has 0 saturated carbocycles. The molecule has 0 amide bonds. The monoisotopic (exact) mass is 423 g/mol. The molecule has 1 aliphatic rings. The van der Waals surface area contributed by atoms with E-state index in [2.05, 4.69) is 25.2 Å². The standard InChI is InChI=1S/C24H21N7O/c1-3-7-17(8-4-1)22-25-24(32-29-22)19-13-15-30(16-14-19)21-12-11-20-26-27-23(31(20)28-21)18-9-5-2-6-10-18/h1-12,19H,13-16H2. The maximum Gasteiger partial charge on any atom is 0.230 e. The summed E-state index contributed by atoms with van der Waals surface area (Å²) in [6, 6.07) is 23.9. The number of fused-ring (bicyclic) bond motifs is 1. The fourth-order valence-corrected chi connectivity index (χ4v) is 4.18. The molecule has 8 heteroatoms. The van der Waals surface area contributed by atoms with Crippen molar-refractivity contribution in [1.29, 1.82) is 0 Å². The van der Waals surface area contributed by atoms with Gasteiger partial charge in [-0.05, 0) is 25.0 Å². The van der Waals surface area contributed by atoms with Crippen molar-refractivity contribution < 1.29 is 4.52 Å². The highest BCUT2D eigenvalue weighted by molar-refractivity contribution is 5.59. The third-order valence-electron chi connectivity index (χ3n) is 5.92. The predicted molar refractivity (Wildman–Crippen MR) is 120 cm³/mol. The highest BCUT2D eigenvalue weighted by Crippen LogP contribution is 2.30. The lowest BCUT2D eigenvalue weighted by atomic mass is 9.97. The Labute approximate surface area is 184 Å². The first kappa shape index (κ1) is 18.7. The van der Waals surface area contributed by atoms with Gasteiger partial charge in [-0.25, -0.2) is 0 Å². The van der Waals surface area contributed by atoms with Crippen molar-refractivity contribution in [2.45, 2.75) is 18.8 Å². The lowest BCUT2D eigenvalue weighted by molar-refractivity contribution is 0.329. The molecule has 5 aromatic rings. The molecule has 2 aromatic carbocycles. The second kappa shape index (κ2) is 7.88. The first-order valence-corrected chi connectivity index (χ1v) is 10.8. The van der Waals surface area contributed by atoms with Gasteiger partial charge in [0.25, 0.3) is 0 Å². The van der Waals surface area contributed by atoms with Gasteiger partial charge in [0, 0.05) is 30.1 Å². The molecular weight excluding hydrogens is 402 g/mol. The van der Waals surface area contributed by atoms with Crippen LogP contribution in [0, 0.1) is 0 Å². The molecule has 3 aromatic heterocycles.